The summed E-state index contributed by atoms with van der Waals surface area (Å²) in [5.41, 5.74) is 5.69. The van der Waals surface area contributed by atoms with Gasteiger partial charge in [-0.15, -0.1) is 0 Å². The molecule has 0 saturated carbocycles. The maximum atomic E-state index is 12.6. The Bertz CT molecular complexity index is 1280. The van der Waals surface area contributed by atoms with Crippen LogP contribution >= 0.6 is 0 Å². The van der Waals surface area contributed by atoms with E-state index >= 15 is 0 Å². The highest BCUT2D eigenvalue weighted by Gasteiger charge is 2.16. The second-order valence-corrected chi connectivity index (χ2v) is 6.49. The largest absolute Gasteiger partial charge is 0.360 e. The van der Waals surface area contributed by atoms with Gasteiger partial charge in [0.05, 0.1) is 34.3 Å². The summed E-state index contributed by atoms with van der Waals surface area (Å²) in [4.78, 5) is 32.6. The van der Waals surface area contributed by atoms with Crippen LogP contribution in [0.1, 0.15) is 10.4 Å². The number of anilines is 1. The van der Waals surface area contributed by atoms with E-state index in [0.717, 1.165) is 22.8 Å². The molecule has 1 aromatic carbocycles. The highest BCUT2D eigenvalue weighted by Crippen LogP contribution is 2.29. The zero-order valence-electron chi connectivity index (χ0n) is 15.3. The molecule has 0 saturated heterocycles. The summed E-state index contributed by atoms with van der Waals surface area (Å²) >= 11 is 0. The molecule has 7 nitrogen and oxygen atoms in total. The van der Waals surface area contributed by atoms with Crippen LogP contribution in [0.4, 0.5) is 5.69 Å². The van der Waals surface area contributed by atoms with Gasteiger partial charge in [0.1, 0.15) is 11.4 Å². The SMILES string of the molecule is O=C(Nc1cccnc1)c1ccc2nc(-c3ccc[nH]3)c(-c3ccc[nH]3)nc2c1. The third-order valence-electron chi connectivity index (χ3n) is 4.55. The van der Waals surface area contributed by atoms with E-state index in [1.165, 1.54) is 0 Å². The van der Waals surface area contributed by atoms with Gasteiger partial charge >= 0.3 is 0 Å². The van der Waals surface area contributed by atoms with Gasteiger partial charge < -0.3 is 15.3 Å². The lowest BCUT2D eigenvalue weighted by molar-refractivity contribution is 0.102. The Hall–Kier alpha value is -4.26. The average molecular weight is 380 g/mol. The zero-order valence-corrected chi connectivity index (χ0v) is 15.3. The third kappa shape index (κ3) is 3.25. The van der Waals surface area contributed by atoms with Crippen molar-refractivity contribution in [2.45, 2.75) is 0 Å². The smallest absolute Gasteiger partial charge is 0.255 e. The molecule has 0 unspecified atom stereocenters. The summed E-state index contributed by atoms with van der Waals surface area (Å²) in [5, 5.41) is 2.84. The molecule has 0 aliphatic heterocycles. The van der Waals surface area contributed by atoms with Crippen molar-refractivity contribution >= 4 is 22.6 Å². The number of amides is 1. The number of benzene rings is 1. The number of nitrogens with one attached hydrogen (secondary N) is 3. The first-order valence-electron chi connectivity index (χ1n) is 9.09. The second kappa shape index (κ2) is 7.05. The van der Waals surface area contributed by atoms with Crippen LogP contribution in [-0.2, 0) is 0 Å². The molecule has 7 heteroatoms. The number of H-pyrrole nitrogens is 2. The number of rotatable bonds is 4. The molecule has 3 N–H and O–H groups in total. The fraction of sp³-hybridized carbons (Fsp3) is 0. The Morgan fingerprint density at radius 1 is 0.828 bits per heavy atom. The Labute approximate surface area is 165 Å². The van der Waals surface area contributed by atoms with Crippen LogP contribution in [0, 0.1) is 0 Å². The lowest BCUT2D eigenvalue weighted by Gasteiger charge is -2.09. The van der Waals surface area contributed by atoms with Crippen molar-refractivity contribution in [2.24, 2.45) is 0 Å². The van der Waals surface area contributed by atoms with E-state index in [0.29, 0.717) is 22.3 Å². The van der Waals surface area contributed by atoms with Gasteiger partial charge in [0.25, 0.3) is 5.91 Å². The Balaban J connectivity index is 1.59. The summed E-state index contributed by atoms with van der Waals surface area (Å²) in [5.74, 6) is -0.225. The first kappa shape index (κ1) is 16.9. The molecule has 5 rings (SSSR count). The number of fused-ring (bicyclic) bond motifs is 1. The van der Waals surface area contributed by atoms with Gasteiger partial charge in [-0.2, -0.15) is 0 Å². The standard InChI is InChI=1S/C22H16N6O/c29-22(26-15-4-1-9-23-13-15)14-7-8-16-19(12-14)28-21(18-6-3-11-25-18)20(27-16)17-5-2-10-24-17/h1-13,24-25H,(H,26,29). The number of carbonyl (C=O) groups excluding carboxylic acids is 1. The maximum absolute atomic E-state index is 12.6. The second-order valence-electron chi connectivity index (χ2n) is 6.49. The number of hydrogen-bond donors (Lipinski definition) is 3. The highest BCUT2D eigenvalue weighted by molar-refractivity contribution is 6.06. The summed E-state index contributed by atoms with van der Waals surface area (Å²) in [6.45, 7) is 0. The summed E-state index contributed by atoms with van der Waals surface area (Å²) < 4.78 is 0. The maximum Gasteiger partial charge on any atom is 0.255 e. The molecule has 0 radical (unpaired) electrons. The van der Waals surface area contributed by atoms with Crippen LogP contribution < -0.4 is 5.32 Å². The molecular formula is C22H16N6O. The molecule has 0 aliphatic carbocycles. The van der Waals surface area contributed by atoms with E-state index in [1.54, 1.807) is 36.7 Å². The van der Waals surface area contributed by atoms with Crippen molar-refractivity contribution in [3.8, 4) is 22.8 Å². The molecule has 140 valence electrons. The molecule has 29 heavy (non-hydrogen) atoms. The third-order valence-corrected chi connectivity index (χ3v) is 4.55. The lowest BCUT2D eigenvalue weighted by Crippen LogP contribution is -2.12. The van der Waals surface area contributed by atoms with Crippen LogP contribution in [-0.4, -0.2) is 30.8 Å². The van der Waals surface area contributed by atoms with E-state index < -0.39 is 0 Å². The number of carbonyl (C=O) groups is 1. The quantitative estimate of drug-likeness (QED) is 0.434. The molecule has 0 spiro atoms. The van der Waals surface area contributed by atoms with E-state index in [-0.39, 0.29) is 5.91 Å². The number of nitrogens with zero attached hydrogens (tertiary/aromatic N) is 3. The number of pyridine rings is 1. The molecule has 0 aliphatic rings. The fourth-order valence-corrected chi connectivity index (χ4v) is 3.17. The van der Waals surface area contributed by atoms with Crippen LogP contribution in [0.5, 0.6) is 0 Å². The van der Waals surface area contributed by atoms with Crippen LogP contribution in [0.25, 0.3) is 33.8 Å². The van der Waals surface area contributed by atoms with Gasteiger partial charge in [0, 0.05) is 24.2 Å². The summed E-state index contributed by atoms with van der Waals surface area (Å²) in [7, 11) is 0. The molecule has 0 bridgehead atoms. The zero-order chi connectivity index (χ0) is 19.6. The Kier molecular flexibility index (Phi) is 4.10. The summed E-state index contributed by atoms with van der Waals surface area (Å²) in [6, 6.07) is 16.6. The first-order chi connectivity index (χ1) is 14.3. The Morgan fingerprint density at radius 2 is 1.55 bits per heavy atom. The van der Waals surface area contributed by atoms with Gasteiger partial charge in [-0.25, -0.2) is 9.97 Å². The molecule has 4 aromatic heterocycles. The molecular weight excluding hydrogens is 364 g/mol. The molecule has 1 amide bonds. The fourth-order valence-electron chi connectivity index (χ4n) is 3.17. The summed E-state index contributed by atoms with van der Waals surface area (Å²) in [6.07, 6.45) is 6.96. The van der Waals surface area contributed by atoms with Crippen molar-refractivity contribution in [2.75, 3.05) is 5.32 Å². The minimum absolute atomic E-state index is 0.225. The van der Waals surface area contributed by atoms with E-state index in [2.05, 4.69) is 20.3 Å². The molecule has 5 aromatic rings. The number of hydrogen-bond acceptors (Lipinski definition) is 4. The number of aromatic nitrogens is 5. The average Bonchev–Trinajstić information content (AvgIpc) is 3.47. The van der Waals surface area contributed by atoms with Gasteiger partial charge in [-0.1, -0.05) is 0 Å². The first-order valence-corrected chi connectivity index (χ1v) is 9.09. The van der Waals surface area contributed by atoms with E-state index in [9.17, 15) is 4.79 Å². The van der Waals surface area contributed by atoms with Gasteiger partial charge in [0.2, 0.25) is 0 Å². The van der Waals surface area contributed by atoms with Crippen molar-refractivity contribution in [1.29, 1.82) is 0 Å². The predicted octanol–water partition coefficient (Wildman–Crippen LogP) is 4.27. The minimum atomic E-state index is -0.225. The predicted molar refractivity (Wildman–Crippen MR) is 111 cm³/mol. The van der Waals surface area contributed by atoms with Crippen LogP contribution in [0.15, 0.2) is 79.4 Å². The lowest BCUT2D eigenvalue weighted by atomic mass is 10.1. The highest BCUT2D eigenvalue weighted by atomic mass is 16.1. The minimum Gasteiger partial charge on any atom is -0.360 e. The number of aromatic amines is 2. The topological polar surface area (TPSA) is 99.4 Å². The van der Waals surface area contributed by atoms with E-state index in [4.69, 9.17) is 9.97 Å². The van der Waals surface area contributed by atoms with Gasteiger partial charge in [0.15, 0.2) is 0 Å². The monoisotopic (exact) mass is 380 g/mol. The molecule has 0 fully saturated rings. The van der Waals surface area contributed by atoms with Gasteiger partial charge in [-0.05, 0) is 54.6 Å². The normalized spacial score (nSPS) is 10.9. The van der Waals surface area contributed by atoms with E-state index in [1.807, 2.05) is 42.7 Å². The van der Waals surface area contributed by atoms with Crippen molar-refractivity contribution in [1.82, 2.24) is 24.9 Å². The van der Waals surface area contributed by atoms with Crippen LogP contribution in [0.3, 0.4) is 0 Å². The molecule has 0 atom stereocenters. The van der Waals surface area contributed by atoms with Gasteiger partial charge in [-0.3, -0.25) is 9.78 Å². The molecule has 4 heterocycles. The van der Waals surface area contributed by atoms with Crippen molar-refractivity contribution < 1.29 is 4.79 Å². The van der Waals surface area contributed by atoms with Crippen LogP contribution in [0.2, 0.25) is 0 Å². The Morgan fingerprint density at radius 3 is 2.17 bits per heavy atom. The van der Waals surface area contributed by atoms with Crippen molar-refractivity contribution in [3.63, 3.8) is 0 Å². The van der Waals surface area contributed by atoms with Crippen molar-refractivity contribution in [3.05, 3.63) is 84.9 Å².